The second-order valence-corrected chi connectivity index (χ2v) is 5.78. The minimum absolute atomic E-state index is 0.256. The van der Waals surface area contributed by atoms with Crippen LogP contribution < -0.4 is 5.32 Å². The Kier molecular flexibility index (Phi) is 5.63. The van der Waals surface area contributed by atoms with Crippen molar-refractivity contribution < 1.29 is 49.4 Å². The Bertz CT molecular complexity index is 870. The van der Waals surface area contributed by atoms with Crippen molar-refractivity contribution >= 4 is 11.6 Å². The van der Waals surface area contributed by atoms with Gasteiger partial charge in [0.25, 0.3) is 11.5 Å². The fourth-order valence-electron chi connectivity index (χ4n) is 2.41. The van der Waals surface area contributed by atoms with Gasteiger partial charge in [-0.2, -0.15) is 39.5 Å². The average Bonchev–Trinajstić information content (AvgIpc) is 2.59. The Morgan fingerprint density at radius 1 is 0.759 bits per heavy atom. The summed E-state index contributed by atoms with van der Waals surface area (Å²) < 4.78 is 116. The predicted molar refractivity (Wildman–Crippen MR) is 81.8 cm³/mol. The smallest absolute Gasteiger partial charge is 0.369 e. The van der Waals surface area contributed by atoms with Gasteiger partial charge in [-0.15, -0.1) is 0 Å². The van der Waals surface area contributed by atoms with E-state index >= 15 is 0 Å². The zero-order valence-electron chi connectivity index (χ0n) is 13.9. The molecule has 0 saturated heterocycles. The summed E-state index contributed by atoms with van der Waals surface area (Å²) in [4.78, 5) is 12.1. The lowest BCUT2D eigenvalue weighted by molar-refractivity contribution is -0.376. The summed E-state index contributed by atoms with van der Waals surface area (Å²) in [5.74, 6) is -1.28. The molecule has 2 rings (SSSR count). The zero-order chi connectivity index (χ0) is 22.3. The zero-order valence-corrected chi connectivity index (χ0v) is 13.9. The molecule has 158 valence electrons. The molecule has 0 fully saturated rings. The summed E-state index contributed by atoms with van der Waals surface area (Å²) in [6, 6.07) is 5.34. The van der Waals surface area contributed by atoms with E-state index in [9.17, 15) is 49.4 Å². The van der Waals surface area contributed by atoms with Crippen molar-refractivity contribution in [2.24, 2.45) is 0 Å². The van der Waals surface area contributed by atoms with Gasteiger partial charge in [0, 0.05) is 11.3 Å². The van der Waals surface area contributed by atoms with E-state index in [0.29, 0.717) is 18.2 Å². The van der Waals surface area contributed by atoms with Crippen molar-refractivity contribution in [3.05, 3.63) is 65.2 Å². The van der Waals surface area contributed by atoms with Crippen molar-refractivity contribution in [1.29, 1.82) is 0 Å². The molecule has 1 amide bonds. The summed E-state index contributed by atoms with van der Waals surface area (Å²) >= 11 is 0. The summed E-state index contributed by atoms with van der Waals surface area (Å²) in [5, 5.41) is 11.2. The molecule has 0 unspecified atom stereocenters. The van der Waals surface area contributed by atoms with Crippen molar-refractivity contribution in [3.8, 4) is 0 Å². The first-order valence-corrected chi connectivity index (χ1v) is 7.53. The third-order valence-corrected chi connectivity index (χ3v) is 3.86. The van der Waals surface area contributed by atoms with Crippen LogP contribution in [-0.2, 0) is 11.8 Å². The van der Waals surface area contributed by atoms with Gasteiger partial charge in [-0.1, -0.05) is 24.3 Å². The van der Waals surface area contributed by atoms with E-state index in [1.54, 1.807) is 0 Å². The van der Waals surface area contributed by atoms with Crippen LogP contribution in [0.3, 0.4) is 0 Å². The Hall–Kier alpha value is -2.76. The second kappa shape index (κ2) is 7.25. The van der Waals surface area contributed by atoms with Crippen LogP contribution in [0.25, 0.3) is 0 Å². The molecule has 0 spiro atoms. The Morgan fingerprint density at radius 3 is 1.69 bits per heavy atom. The van der Waals surface area contributed by atoms with E-state index < -0.39 is 46.7 Å². The van der Waals surface area contributed by atoms with Gasteiger partial charge in [0.2, 0.25) is 0 Å². The van der Waals surface area contributed by atoms with E-state index in [0.717, 1.165) is 18.2 Å². The molecule has 0 aliphatic heterocycles. The highest BCUT2D eigenvalue weighted by Crippen LogP contribution is 2.50. The maximum Gasteiger partial charge on any atom is 0.430 e. The minimum Gasteiger partial charge on any atom is -0.369 e. The maximum atomic E-state index is 12.9. The Labute approximate surface area is 156 Å². The van der Waals surface area contributed by atoms with Crippen molar-refractivity contribution in [1.82, 2.24) is 0 Å². The molecule has 0 saturated carbocycles. The standard InChI is InChI=1S/C17H10F9NO2/c18-15(19,20)12-4-2-1-3-11(12)13(28)27-10-7-5-9(6-8-10)14(29,16(21,22)23)17(24,25)26/h1-8,29H,(H,27,28). The van der Waals surface area contributed by atoms with Gasteiger partial charge in [-0.3, -0.25) is 4.79 Å². The largest absolute Gasteiger partial charge is 0.430 e. The van der Waals surface area contributed by atoms with Crippen LogP contribution in [-0.4, -0.2) is 23.4 Å². The highest BCUT2D eigenvalue weighted by atomic mass is 19.4. The summed E-state index contributed by atoms with van der Waals surface area (Å²) in [5.41, 5.74) is -9.21. The van der Waals surface area contributed by atoms with Crippen LogP contribution in [0, 0.1) is 0 Å². The number of amides is 1. The third-order valence-electron chi connectivity index (χ3n) is 3.86. The first-order valence-electron chi connectivity index (χ1n) is 7.53. The van der Waals surface area contributed by atoms with Crippen molar-refractivity contribution in [2.45, 2.75) is 24.1 Å². The first kappa shape index (κ1) is 22.5. The summed E-state index contributed by atoms with van der Waals surface area (Å²) in [7, 11) is 0. The van der Waals surface area contributed by atoms with Crippen molar-refractivity contribution in [3.63, 3.8) is 0 Å². The molecule has 0 aliphatic rings. The van der Waals surface area contributed by atoms with Gasteiger partial charge in [0.1, 0.15) is 0 Å². The number of carbonyl (C=O) groups is 1. The Balaban J connectivity index is 2.34. The van der Waals surface area contributed by atoms with E-state index in [4.69, 9.17) is 0 Å². The van der Waals surface area contributed by atoms with Gasteiger partial charge in [-0.05, 0) is 24.3 Å². The third kappa shape index (κ3) is 4.31. The summed E-state index contributed by atoms with van der Waals surface area (Å²) in [6.07, 6.45) is -17.1. The number of hydrogen-bond donors (Lipinski definition) is 2. The SMILES string of the molecule is O=C(Nc1ccc(C(O)(C(F)(F)F)C(F)(F)F)cc1)c1ccccc1C(F)(F)F. The number of halogens is 9. The average molecular weight is 431 g/mol. The van der Waals surface area contributed by atoms with Gasteiger partial charge in [0.05, 0.1) is 11.1 Å². The van der Waals surface area contributed by atoms with Crippen LogP contribution in [0.15, 0.2) is 48.5 Å². The number of anilines is 1. The summed E-state index contributed by atoms with van der Waals surface area (Å²) in [6.45, 7) is 0. The molecule has 12 heteroatoms. The monoisotopic (exact) mass is 431 g/mol. The van der Waals surface area contributed by atoms with Crippen LogP contribution in [0.2, 0.25) is 0 Å². The van der Waals surface area contributed by atoms with Gasteiger partial charge < -0.3 is 10.4 Å². The molecule has 0 bridgehead atoms. The number of rotatable bonds is 3. The number of benzene rings is 2. The Morgan fingerprint density at radius 2 is 1.24 bits per heavy atom. The molecule has 2 aromatic rings. The van der Waals surface area contributed by atoms with Crippen LogP contribution in [0.1, 0.15) is 21.5 Å². The van der Waals surface area contributed by atoms with E-state index in [2.05, 4.69) is 0 Å². The second-order valence-electron chi connectivity index (χ2n) is 5.78. The number of carbonyl (C=O) groups excluding carboxylic acids is 1. The molecule has 2 N–H and O–H groups in total. The minimum atomic E-state index is -6.10. The first-order chi connectivity index (χ1) is 13.1. The molecule has 0 aliphatic carbocycles. The number of nitrogens with one attached hydrogen (secondary N) is 1. The van der Waals surface area contributed by atoms with Gasteiger partial charge in [-0.25, -0.2) is 0 Å². The van der Waals surface area contributed by atoms with Crippen LogP contribution in [0.5, 0.6) is 0 Å². The number of aliphatic hydroxyl groups is 1. The number of hydrogen-bond acceptors (Lipinski definition) is 2. The van der Waals surface area contributed by atoms with Gasteiger partial charge in [0.15, 0.2) is 0 Å². The molecule has 3 nitrogen and oxygen atoms in total. The molecule has 0 radical (unpaired) electrons. The van der Waals surface area contributed by atoms with E-state index in [-0.39, 0.29) is 17.8 Å². The molecule has 29 heavy (non-hydrogen) atoms. The lowest BCUT2D eigenvalue weighted by atomic mass is 9.92. The topological polar surface area (TPSA) is 49.3 Å². The predicted octanol–water partition coefficient (Wildman–Crippen LogP) is 5.27. The lowest BCUT2D eigenvalue weighted by Gasteiger charge is -2.32. The van der Waals surface area contributed by atoms with E-state index in [1.165, 1.54) is 0 Å². The molecule has 2 aromatic carbocycles. The van der Waals surface area contributed by atoms with Crippen LogP contribution >= 0.6 is 0 Å². The maximum absolute atomic E-state index is 12.9. The fourth-order valence-corrected chi connectivity index (χ4v) is 2.41. The lowest BCUT2D eigenvalue weighted by Crippen LogP contribution is -2.53. The molecular weight excluding hydrogens is 421 g/mol. The van der Waals surface area contributed by atoms with Crippen molar-refractivity contribution in [2.75, 3.05) is 5.32 Å². The van der Waals surface area contributed by atoms with Gasteiger partial charge >= 0.3 is 18.5 Å². The molecule has 0 heterocycles. The normalized spacial score (nSPS) is 13.3. The van der Waals surface area contributed by atoms with Crippen LogP contribution in [0.4, 0.5) is 45.2 Å². The molecular formula is C17H10F9NO2. The number of alkyl halides is 9. The quantitative estimate of drug-likeness (QED) is 0.651. The highest BCUT2D eigenvalue weighted by molar-refractivity contribution is 6.05. The highest BCUT2D eigenvalue weighted by Gasteiger charge is 2.71. The molecule has 0 atom stereocenters. The fraction of sp³-hybridized carbons (Fsp3) is 0.235. The van der Waals surface area contributed by atoms with E-state index in [1.807, 2.05) is 5.32 Å². The molecule has 0 aromatic heterocycles.